The number of nitrogens with zero attached hydrogens (tertiary/aromatic N) is 5. The van der Waals surface area contributed by atoms with Gasteiger partial charge in [-0.25, -0.2) is 15.0 Å². The summed E-state index contributed by atoms with van der Waals surface area (Å²) in [6.07, 6.45) is 5.14. The highest BCUT2D eigenvalue weighted by Crippen LogP contribution is 2.45. The molecule has 1 saturated heterocycles. The van der Waals surface area contributed by atoms with Gasteiger partial charge in [0.1, 0.15) is 17.3 Å². The maximum Gasteiger partial charge on any atom is 0.147 e. The van der Waals surface area contributed by atoms with Gasteiger partial charge < -0.3 is 9.47 Å². The lowest BCUT2D eigenvalue weighted by atomic mass is 10.2. The molecule has 2 fully saturated rings. The highest BCUT2D eigenvalue weighted by Gasteiger charge is 2.45. The van der Waals surface area contributed by atoms with E-state index in [4.69, 9.17) is 4.98 Å². The molecule has 5 heteroatoms. The fourth-order valence-corrected chi connectivity index (χ4v) is 3.92. The first-order chi connectivity index (χ1) is 14.2. The number of hydrogen-bond acceptors (Lipinski definition) is 4. The van der Waals surface area contributed by atoms with Gasteiger partial charge in [-0.3, -0.25) is 0 Å². The zero-order chi connectivity index (χ0) is 21.0. The molecular weight excluding hydrogens is 358 g/mol. The number of aryl methyl sites for hydroxylation is 2. The second-order valence-corrected chi connectivity index (χ2v) is 7.25. The molecule has 0 spiro atoms. The number of piperidine rings is 1. The normalized spacial score (nSPS) is 18.9. The fourth-order valence-electron chi connectivity index (χ4n) is 3.92. The number of anilines is 1. The van der Waals surface area contributed by atoms with E-state index in [1.54, 1.807) is 0 Å². The van der Waals surface area contributed by atoms with Crippen LogP contribution in [0.3, 0.4) is 0 Å². The topological polar surface area (TPSA) is 46.8 Å². The molecule has 0 amide bonds. The standard InChI is InChI=1S/C20H21N5.2C2H6/c1-13-6-7-14(2)25(13)19-5-3-4-17(23-19)18-9-22-20(10-21-18)24-11-15-8-16(15)12-24;2*1-2/h3-7,9-10,15-16H,8,11-12H2,1-2H3;2*1-2H3. The Morgan fingerprint density at radius 1 is 0.759 bits per heavy atom. The molecule has 0 bridgehead atoms. The third kappa shape index (κ3) is 4.34. The monoisotopic (exact) mass is 391 g/mol. The van der Waals surface area contributed by atoms with E-state index >= 15 is 0 Å². The van der Waals surface area contributed by atoms with Crippen LogP contribution in [0.25, 0.3) is 17.2 Å². The highest BCUT2D eigenvalue weighted by atomic mass is 15.2. The van der Waals surface area contributed by atoms with E-state index in [2.05, 4.69) is 45.4 Å². The number of aromatic nitrogens is 4. The Balaban J connectivity index is 0.000000568. The van der Waals surface area contributed by atoms with Gasteiger partial charge in [0.25, 0.3) is 0 Å². The molecule has 4 heterocycles. The van der Waals surface area contributed by atoms with Crippen molar-refractivity contribution in [2.75, 3.05) is 18.0 Å². The first kappa shape index (κ1) is 21.0. The molecule has 5 rings (SSSR count). The van der Waals surface area contributed by atoms with Crippen LogP contribution in [0.4, 0.5) is 5.82 Å². The third-order valence-corrected chi connectivity index (χ3v) is 5.44. The van der Waals surface area contributed by atoms with Crippen LogP contribution in [0.2, 0.25) is 0 Å². The second-order valence-electron chi connectivity index (χ2n) is 7.25. The largest absolute Gasteiger partial charge is 0.355 e. The number of rotatable bonds is 3. The minimum Gasteiger partial charge on any atom is -0.355 e. The van der Waals surface area contributed by atoms with E-state index in [1.165, 1.54) is 17.8 Å². The molecule has 1 saturated carbocycles. The minimum atomic E-state index is 0.817. The average Bonchev–Trinajstić information content (AvgIpc) is 3.24. The van der Waals surface area contributed by atoms with Gasteiger partial charge in [-0.05, 0) is 56.4 Å². The molecule has 0 N–H and O–H groups in total. The first-order valence-electron chi connectivity index (χ1n) is 10.9. The summed E-state index contributed by atoms with van der Waals surface area (Å²) in [4.78, 5) is 16.4. The van der Waals surface area contributed by atoms with Crippen LogP contribution >= 0.6 is 0 Å². The van der Waals surface area contributed by atoms with E-state index in [0.29, 0.717) is 0 Å². The van der Waals surface area contributed by atoms with Gasteiger partial charge in [0.2, 0.25) is 0 Å². The SMILES string of the molecule is CC.CC.Cc1ccc(C)n1-c1cccc(-c2cnc(N3CC4CC4C3)cn2)n1. The Kier molecular flexibility index (Phi) is 6.68. The van der Waals surface area contributed by atoms with Gasteiger partial charge in [-0.15, -0.1) is 0 Å². The van der Waals surface area contributed by atoms with Crippen LogP contribution in [-0.2, 0) is 0 Å². The lowest BCUT2D eigenvalue weighted by Gasteiger charge is -2.18. The van der Waals surface area contributed by atoms with E-state index in [-0.39, 0.29) is 0 Å². The van der Waals surface area contributed by atoms with Gasteiger partial charge in [0, 0.05) is 24.5 Å². The molecule has 3 aromatic rings. The summed E-state index contributed by atoms with van der Waals surface area (Å²) in [5, 5.41) is 0. The fraction of sp³-hybridized carbons (Fsp3) is 0.458. The van der Waals surface area contributed by atoms with Crippen molar-refractivity contribution in [2.24, 2.45) is 11.8 Å². The molecule has 1 aliphatic heterocycles. The third-order valence-electron chi connectivity index (χ3n) is 5.44. The number of fused-ring (bicyclic) bond motifs is 1. The highest BCUT2D eigenvalue weighted by molar-refractivity contribution is 5.56. The molecule has 1 aliphatic carbocycles. The molecule has 29 heavy (non-hydrogen) atoms. The summed E-state index contributed by atoms with van der Waals surface area (Å²) in [6.45, 7) is 14.5. The van der Waals surface area contributed by atoms with Gasteiger partial charge >= 0.3 is 0 Å². The van der Waals surface area contributed by atoms with Gasteiger partial charge in [-0.1, -0.05) is 33.8 Å². The van der Waals surface area contributed by atoms with Crippen molar-refractivity contribution in [3.63, 3.8) is 0 Å². The van der Waals surface area contributed by atoms with Gasteiger partial charge in [-0.2, -0.15) is 0 Å². The Labute approximate surface area is 174 Å². The Morgan fingerprint density at radius 2 is 1.41 bits per heavy atom. The van der Waals surface area contributed by atoms with Crippen LogP contribution in [0.15, 0.2) is 42.7 Å². The van der Waals surface area contributed by atoms with Crippen molar-refractivity contribution in [2.45, 2.75) is 48.0 Å². The molecule has 2 unspecified atom stereocenters. The number of hydrogen-bond donors (Lipinski definition) is 0. The predicted molar refractivity (Wildman–Crippen MR) is 121 cm³/mol. The molecule has 2 aliphatic rings. The van der Waals surface area contributed by atoms with E-state index in [1.807, 2.05) is 58.3 Å². The zero-order valence-corrected chi connectivity index (χ0v) is 18.6. The van der Waals surface area contributed by atoms with Crippen molar-refractivity contribution in [1.29, 1.82) is 0 Å². The van der Waals surface area contributed by atoms with Crippen LogP contribution in [0.5, 0.6) is 0 Å². The molecule has 5 nitrogen and oxygen atoms in total. The van der Waals surface area contributed by atoms with Crippen molar-refractivity contribution in [3.8, 4) is 17.2 Å². The van der Waals surface area contributed by atoms with Crippen molar-refractivity contribution in [1.82, 2.24) is 19.5 Å². The maximum absolute atomic E-state index is 4.80. The maximum atomic E-state index is 4.80. The lowest BCUT2D eigenvalue weighted by molar-refractivity contribution is 0.802. The van der Waals surface area contributed by atoms with Crippen LogP contribution in [-0.4, -0.2) is 32.6 Å². The summed E-state index contributed by atoms with van der Waals surface area (Å²) in [6, 6.07) is 10.3. The minimum absolute atomic E-state index is 0.817. The summed E-state index contributed by atoms with van der Waals surface area (Å²) >= 11 is 0. The predicted octanol–water partition coefficient (Wildman–Crippen LogP) is 5.45. The van der Waals surface area contributed by atoms with Crippen molar-refractivity contribution < 1.29 is 0 Å². The molecule has 2 atom stereocenters. The van der Waals surface area contributed by atoms with Crippen LogP contribution in [0.1, 0.15) is 45.5 Å². The quantitative estimate of drug-likeness (QED) is 0.595. The van der Waals surface area contributed by atoms with Crippen molar-refractivity contribution in [3.05, 3.63) is 54.1 Å². The van der Waals surface area contributed by atoms with Gasteiger partial charge in [0.15, 0.2) is 0 Å². The van der Waals surface area contributed by atoms with E-state index in [9.17, 15) is 0 Å². The van der Waals surface area contributed by atoms with E-state index < -0.39 is 0 Å². The lowest BCUT2D eigenvalue weighted by Crippen LogP contribution is -2.22. The second kappa shape index (κ2) is 9.21. The van der Waals surface area contributed by atoms with Gasteiger partial charge in [0.05, 0.1) is 18.1 Å². The number of pyridine rings is 1. The Hall–Kier alpha value is -2.69. The summed E-state index contributed by atoms with van der Waals surface area (Å²) in [5.41, 5.74) is 4.03. The molecule has 0 aromatic carbocycles. The summed E-state index contributed by atoms with van der Waals surface area (Å²) in [7, 11) is 0. The van der Waals surface area contributed by atoms with Crippen LogP contribution in [0, 0.1) is 25.7 Å². The molecule has 0 radical (unpaired) electrons. The van der Waals surface area contributed by atoms with E-state index in [0.717, 1.165) is 47.9 Å². The Morgan fingerprint density at radius 3 is 2.00 bits per heavy atom. The average molecular weight is 392 g/mol. The Bertz CT molecular complexity index is 899. The summed E-state index contributed by atoms with van der Waals surface area (Å²) in [5.74, 6) is 3.70. The molecule has 154 valence electrons. The zero-order valence-electron chi connectivity index (χ0n) is 18.6. The molecule has 3 aromatic heterocycles. The first-order valence-corrected chi connectivity index (χ1v) is 10.9. The smallest absolute Gasteiger partial charge is 0.147 e. The summed E-state index contributed by atoms with van der Waals surface area (Å²) < 4.78 is 2.15. The van der Waals surface area contributed by atoms with Crippen LogP contribution < -0.4 is 4.90 Å². The van der Waals surface area contributed by atoms with Crippen molar-refractivity contribution >= 4 is 5.82 Å². The molecular formula is C24H33N5.